The molecule has 5 heteroatoms. The zero-order valence-corrected chi connectivity index (χ0v) is 15.5. The van der Waals surface area contributed by atoms with E-state index in [1.54, 1.807) is 13.0 Å². The molecule has 146 valence electrons. The third kappa shape index (κ3) is 8.95. The van der Waals surface area contributed by atoms with Crippen molar-refractivity contribution in [3.63, 3.8) is 0 Å². The quantitative estimate of drug-likeness (QED) is 0.300. The van der Waals surface area contributed by atoms with E-state index in [0.29, 0.717) is 12.8 Å². The fourth-order valence-electron chi connectivity index (χ4n) is 3.57. The van der Waals surface area contributed by atoms with Crippen LogP contribution in [-0.2, 0) is 4.79 Å². The number of carbonyl (C=O) groups is 1. The van der Waals surface area contributed by atoms with Crippen LogP contribution in [0.25, 0.3) is 0 Å². The van der Waals surface area contributed by atoms with E-state index >= 15 is 0 Å². The molecular weight excluding hydrogens is 320 g/mol. The fourth-order valence-corrected chi connectivity index (χ4v) is 3.57. The highest BCUT2D eigenvalue weighted by Crippen LogP contribution is 2.34. The summed E-state index contributed by atoms with van der Waals surface area (Å²) < 4.78 is 0. The summed E-state index contributed by atoms with van der Waals surface area (Å²) in [7, 11) is 0. The largest absolute Gasteiger partial charge is 0.396 e. The van der Waals surface area contributed by atoms with Crippen LogP contribution < -0.4 is 0 Å². The Kier molecular flexibility index (Phi) is 11.2. The number of rotatable bonds is 13. The number of hydrogen-bond donors (Lipinski definition) is 4. The molecule has 1 saturated carbocycles. The number of aliphatic hydroxyl groups excluding tert-OH is 4. The molecule has 0 amide bonds. The molecule has 0 aromatic carbocycles. The molecule has 0 radical (unpaired) electrons. The lowest BCUT2D eigenvalue weighted by Crippen LogP contribution is -2.19. The maximum absolute atomic E-state index is 12.1. The van der Waals surface area contributed by atoms with Gasteiger partial charge in [0.25, 0.3) is 0 Å². The smallest absolute Gasteiger partial charge is 0.139 e. The van der Waals surface area contributed by atoms with Crippen molar-refractivity contribution in [3.05, 3.63) is 12.2 Å². The van der Waals surface area contributed by atoms with Crippen LogP contribution in [0.4, 0.5) is 0 Å². The van der Waals surface area contributed by atoms with Gasteiger partial charge >= 0.3 is 0 Å². The summed E-state index contributed by atoms with van der Waals surface area (Å²) in [6, 6.07) is 0. The molecule has 0 unspecified atom stereocenters. The summed E-state index contributed by atoms with van der Waals surface area (Å²) in [6.07, 6.45) is 9.79. The van der Waals surface area contributed by atoms with Crippen LogP contribution in [0, 0.1) is 11.8 Å². The van der Waals surface area contributed by atoms with Gasteiger partial charge in [0, 0.05) is 24.9 Å². The molecule has 1 fully saturated rings. The van der Waals surface area contributed by atoms with E-state index in [1.807, 2.05) is 6.08 Å². The van der Waals surface area contributed by atoms with E-state index in [9.17, 15) is 20.1 Å². The zero-order chi connectivity index (χ0) is 18.7. The molecule has 1 aliphatic rings. The highest BCUT2D eigenvalue weighted by atomic mass is 16.3. The van der Waals surface area contributed by atoms with E-state index in [1.165, 1.54) is 0 Å². The molecule has 0 aromatic heterocycles. The van der Waals surface area contributed by atoms with Gasteiger partial charge in [-0.2, -0.15) is 0 Å². The second-order valence-electron chi connectivity index (χ2n) is 7.43. The minimum Gasteiger partial charge on any atom is -0.396 e. The van der Waals surface area contributed by atoms with E-state index in [-0.39, 0.29) is 36.8 Å². The Bertz CT molecular complexity index is 394. The molecule has 0 saturated heterocycles. The van der Waals surface area contributed by atoms with Gasteiger partial charge in [0.2, 0.25) is 0 Å². The average Bonchev–Trinajstić information content (AvgIpc) is 2.81. The number of unbranched alkanes of at least 4 members (excludes halogenated alkanes) is 4. The highest BCUT2D eigenvalue weighted by Gasteiger charge is 2.39. The minimum absolute atomic E-state index is 0.126. The van der Waals surface area contributed by atoms with Crippen LogP contribution >= 0.6 is 0 Å². The molecule has 4 N–H and O–H groups in total. The summed E-state index contributed by atoms with van der Waals surface area (Å²) in [5.41, 5.74) is 0. The fraction of sp³-hybridized carbons (Fsp3) is 0.850. The number of Topliss-reactive ketones (excluding diaryl/α,β-unsaturated/α-hetero) is 1. The van der Waals surface area contributed by atoms with Gasteiger partial charge in [0.15, 0.2) is 0 Å². The van der Waals surface area contributed by atoms with Crippen molar-refractivity contribution in [1.82, 2.24) is 0 Å². The topological polar surface area (TPSA) is 98.0 Å². The number of carbonyl (C=O) groups excluding carboxylic acids is 1. The number of hydrogen-bond acceptors (Lipinski definition) is 5. The van der Waals surface area contributed by atoms with Gasteiger partial charge in [-0.15, -0.1) is 0 Å². The second kappa shape index (κ2) is 12.6. The minimum atomic E-state index is -0.646. The molecule has 0 aliphatic heterocycles. The van der Waals surface area contributed by atoms with Crippen molar-refractivity contribution < 1.29 is 25.2 Å². The van der Waals surface area contributed by atoms with Crippen LogP contribution in [0.5, 0.6) is 0 Å². The van der Waals surface area contributed by atoms with Gasteiger partial charge < -0.3 is 20.4 Å². The highest BCUT2D eigenvalue weighted by molar-refractivity contribution is 5.84. The molecule has 0 bridgehead atoms. The van der Waals surface area contributed by atoms with Crippen LogP contribution in [0.3, 0.4) is 0 Å². The first kappa shape index (κ1) is 22.3. The van der Waals surface area contributed by atoms with E-state index in [2.05, 4.69) is 0 Å². The van der Waals surface area contributed by atoms with Crippen molar-refractivity contribution in [2.24, 2.45) is 11.8 Å². The van der Waals surface area contributed by atoms with Gasteiger partial charge in [-0.1, -0.05) is 37.8 Å². The SMILES string of the molecule is C[C@@H](O)CCC[C@@H](O)C=C[C@H]1[C@H](O)CC(=O)[C@@H]1CCCCCCCO. The zero-order valence-electron chi connectivity index (χ0n) is 15.5. The Morgan fingerprint density at radius 3 is 2.44 bits per heavy atom. The summed E-state index contributed by atoms with van der Waals surface area (Å²) in [4.78, 5) is 12.1. The molecule has 1 rings (SSSR count). The summed E-state index contributed by atoms with van der Waals surface area (Å²) in [6.45, 7) is 1.97. The first-order chi connectivity index (χ1) is 12.0. The molecule has 0 aromatic rings. The second-order valence-corrected chi connectivity index (χ2v) is 7.43. The normalized spacial score (nSPS) is 26.4. The van der Waals surface area contributed by atoms with Gasteiger partial charge in [0.1, 0.15) is 5.78 Å². The van der Waals surface area contributed by atoms with E-state index in [4.69, 9.17) is 5.11 Å². The lowest BCUT2D eigenvalue weighted by molar-refractivity contribution is -0.121. The molecule has 5 nitrogen and oxygen atoms in total. The third-order valence-electron chi connectivity index (χ3n) is 5.08. The van der Waals surface area contributed by atoms with Crippen LogP contribution in [0.1, 0.15) is 71.1 Å². The Labute approximate surface area is 151 Å². The van der Waals surface area contributed by atoms with Gasteiger partial charge in [-0.05, 0) is 39.0 Å². The first-order valence-electron chi connectivity index (χ1n) is 9.81. The summed E-state index contributed by atoms with van der Waals surface area (Å²) in [5.74, 6) is -0.216. The predicted octanol–water partition coefficient (Wildman–Crippen LogP) is 2.35. The monoisotopic (exact) mass is 356 g/mol. The third-order valence-corrected chi connectivity index (χ3v) is 5.08. The van der Waals surface area contributed by atoms with Crippen molar-refractivity contribution in [1.29, 1.82) is 0 Å². The Hall–Kier alpha value is -0.750. The Morgan fingerprint density at radius 1 is 1.08 bits per heavy atom. The Balaban J connectivity index is 2.40. The lowest BCUT2D eigenvalue weighted by Gasteiger charge is -2.18. The van der Waals surface area contributed by atoms with Gasteiger partial charge in [-0.25, -0.2) is 0 Å². The molecule has 0 heterocycles. The lowest BCUT2D eigenvalue weighted by atomic mass is 9.88. The first-order valence-corrected chi connectivity index (χ1v) is 9.81. The molecule has 5 atom stereocenters. The van der Waals surface area contributed by atoms with Gasteiger partial charge in [0.05, 0.1) is 18.3 Å². The van der Waals surface area contributed by atoms with E-state index in [0.717, 1.165) is 44.9 Å². The number of ketones is 1. The number of aliphatic hydroxyl groups is 4. The predicted molar refractivity (Wildman–Crippen MR) is 98.1 cm³/mol. The van der Waals surface area contributed by atoms with Crippen molar-refractivity contribution in [2.45, 2.75) is 89.4 Å². The van der Waals surface area contributed by atoms with E-state index < -0.39 is 12.2 Å². The Morgan fingerprint density at radius 2 is 1.76 bits per heavy atom. The van der Waals surface area contributed by atoms with Crippen LogP contribution in [-0.4, -0.2) is 51.1 Å². The average molecular weight is 357 g/mol. The van der Waals surface area contributed by atoms with Crippen molar-refractivity contribution >= 4 is 5.78 Å². The molecule has 1 aliphatic carbocycles. The summed E-state index contributed by atoms with van der Waals surface area (Å²) in [5, 5.41) is 38.2. The molecule has 0 spiro atoms. The standard InChI is InChI=1S/C20H36O5/c1-15(22)8-7-9-16(23)11-12-18-17(19(24)14-20(18)25)10-5-3-2-4-6-13-21/h11-12,15-18,20-23,25H,2-10,13-14H2,1H3/t15-,16-,17-,18-,20-/m1/s1. The van der Waals surface area contributed by atoms with Crippen molar-refractivity contribution in [2.75, 3.05) is 6.61 Å². The summed E-state index contributed by atoms with van der Waals surface area (Å²) >= 11 is 0. The molecular formula is C20H36O5. The van der Waals surface area contributed by atoms with Crippen molar-refractivity contribution in [3.8, 4) is 0 Å². The maximum Gasteiger partial charge on any atom is 0.139 e. The maximum atomic E-state index is 12.1. The van der Waals surface area contributed by atoms with Crippen LogP contribution in [0.2, 0.25) is 0 Å². The van der Waals surface area contributed by atoms with Crippen LogP contribution in [0.15, 0.2) is 12.2 Å². The molecule has 25 heavy (non-hydrogen) atoms. The van der Waals surface area contributed by atoms with Gasteiger partial charge in [-0.3, -0.25) is 4.79 Å².